The number of benzene rings is 1. The molecule has 18 heavy (non-hydrogen) atoms. The van der Waals surface area contributed by atoms with Gasteiger partial charge in [0, 0.05) is 24.3 Å². The molecular formula is C15H22N2O. The van der Waals surface area contributed by atoms with E-state index in [9.17, 15) is 4.79 Å². The van der Waals surface area contributed by atoms with E-state index in [2.05, 4.69) is 30.5 Å². The molecule has 1 heterocycles. The summed E-state index contributed by atoms with van der Waals surface area (Å²) in [7, 11) is 0. The Morgan fingerprint density at radius 2 is 2.33 bits per heavy atom. The van der Waals surface area contributed by atoms with E-state index in [0.29, 0.717) is 12.3 Å². The van der Waals surface area contributed by atoms with Crippen LogP contribution in [0.1, 0.15) is 38.7 Å². The van der Waals surface area contributed by atoms with E-state index in [-0.39, 0.29) is 5.91 Å². The quantitative estimate of drug-likeness (QED) is 0.854. The molecule has 1 aromatic carbocycles. The number of carbonyl (C=O) groups excluding carboxylic acids is 1. The lowest BCUT2D eigenvalue weighted by molar-refractivity contribution is -0.117. The molecule has 0 fully saturated rings. The highest BCUT2D eigenvalue weighted by molar-refractivity contribution is 5.91. The van der Waals surface area contributed by atoms with E-state index >= 15 is 0 Å². The van der Waals surface area contributed by atoms with Crippen LogP contribution in [-0.2, 0) is 11.2 Å². The topological polar surface area (TPSA) is 41.1 Å². The molecule has 3 heteroatoms. The Balaban J connectivity index is 1.99. The molecule has 0 bridgehead atoms. The highest BCUT2D eigenvalue weighted by atomic mass is 16.1. The van der Waals surface area contributed by atoms with Crippen molar-refractivity contribution in [3.05, 3.63) is 23.8 Å². The number of rotatable bonds is 4. The maximum absolute atomic E-state index is 11.8. The largest absolute Gasteiger partial charge is 0.385 e. The molecule has 2 rings (SSSR count). The van der Waals surface area contributed by atoms with Crippen LogP contribution in [-0.4, -0.2) is 12.5 Å². The summed E-state index contributed by atoms with van der Waals surface area (Å²) in [5, 5.41) is 6.36. The fraction of sp³-hybridized carbons (Fsp3) is 0.533. The van der Waals surface area contributed by atoms with E-state index in [1.807, 2.05) is 12.1 Å². The molecule has 0 saturated carbocycles. The van der Waals surface area contributed by atoms with Gasteiger partial charge in [0.2, 0.25) is 5.91 Å². The van der Waals surface area contributed by atoms with Crippen LogP contribution >= 0.6 is 0 Å². The molecule has 1 aliphatic heterocycles. The van der Waals surface area contributed by atoms with Crippen molar-refractivity contribution in [2.75, 3.05) is 17.2 Å². The summed E-state index contributed by atoms with van der Waals surface area (Å²) in [6.07, 6.45) is 3.95. The van der Waals surface area contributed by atoms with Gasteiger partial charge in [0.15, 0.2) is 0 Å². The van der Waals surface area contributed by atoms with Crippen molar-refractivity contribution < 1.29 is 4.79 Å². The maximum Gasteiger partial charge on any atom is 0.224 e. The highest BCUT2D eigenvalue weighted by Crippen LogP contribution is 2.25. The van der Waals surface area contributed by atoms with Crippen molar-refractivity contribution in [3.8, 4) is 0 Å². The molecule has 1 unspecified atom stereocenters. The summed E-state index contributed by atoms with van der Waals surface area (Å²) in [6, 6.07) is 6.16. The average Bonchev–Trinajstić information content (AvgIpc) is 2.38. The average molecular weight is 246 g/mol. The lowest BCUT2D eigenvalue weighted by Gasteiger charge is -2.19. The molecule has 1 amide bonds. The van der Waals surface area contributed by atoms with E-state index in [4.69, 9.17) is 0 Å². The maximum atomic E-state index is 11.8. The normalized spacial score (nSPS) is 15.4. The van der Waals surface area contributed by atoms with E-state index < -0.39 is 0 Å². The molecule has 1 aliphatic rings. The Hall–Kier alpha value is -1.51. The zero-order chi connectivity index (χ0) is 13.0. The molecule has 2 N–H and O–H groups in total. The minimum absolute atomic E-state index is 0.111. The van der Waals surface area contributed by atoms with E-state index in [0.717, 1.165) is 25.1 Å². The first-order valence-electron chi connectivity index (χ1n) is 6.85. The molecule has 1 aromatic rings. The van der Waals surface area contributed by atoms with Gasteiger partial charge in [-0.1, -0.05) is 26.3 Å². The predicted octanol–water partition coefficient (Wildman–Crippen LogP) is 3.42. The molecule has 98 valence electrons. The first-order valence-corrected chi connectivity index (χ1v) is 6.85. The smallest absolute Gasteiger partial charge is 0.224 e. The van der Waals surface area contributed by atoms with Gasteiger partial charge < -0.3 is 10.6 Å². The second-order valence-electron chi connectivity index (χ2n) is 5.17. The number of fused-ring (bicyclic) bond motifs is 1. The summed E-state index contributed by atoms with van der Waals surface area (Å²) >= 11 is 0. The van der Waals surface area contributed by atoms with Gasteiger partial charge in [-0.05, 0) is 36.5 Å². The second kappa shape index (κ2) is 5.89. The van der Waals surface area contributed by atoms with Crippen molar-refractivity contribution in [2.24, 2.45) is 5.92 Å². The van der Waals surface area contributed by atoms with Crippen molar-refractivity contribution in [3.63, 3.8) is 0 Å². The number of aryl methyl sites for hydroxylation is 1. The summed E-state index contributed by atoms with van der Waals surface area (Å²) in [6.45, 7) is 5.24. The van der Waals surface area contributed by atoms with Crippen LogP contribution in [0.25, 0.3) is 0 Å². The van der Waals surface area contributed by atoms with Crippen LogP contribution in [0.3, 0.4) is 0 Å². The molecule has 1 atom stereocenters. The van der Waals surface area contributed by atoms with Gasteiger partial charge in [-0.2, -0.15) is 0 Å². The highest BCUT2D eigenvalue weighted by Gasteiger charge is 2.11. The first kappa shape index (κ1) is 12.9. The SMILES string of the molecule is CCC(C)CC(=O)Nc1ccc2c(c1)NCCC2. The van der Waals surface area contributed by atoms with E-state index in [1.54, 1.807) is 0 Å². The van der Waals surface area contributed by atoms with Crippen molar-refractivity contribution in [1.29, 1.82) is 0 Å². The third kappa shape index (κ3) is 3.25. The minimum Gasteiger partial charge on any atom is -0.385 e. The summed E-state index contributed by atoms with van der Waals surface area (Å²) in [5.41, 5.74) is 3.42. The third-order valence-electron chi connectivity index (χ3n) is 3.56. The van der Waals surface area contributed by atoms with Crippen molar-refractivity contribution >= 4 is 17.3 Å². The molecule has 0 aliphatic carbocycles. The van der Waals surface area contributed by atoms with Gasteiger partial charge in [-0.3, -0.25) is 4.79 Å². The van der Waals surface area contributed by atoms with Crippen LogP contribution in [0.2, 0.25) is 0 Å². The third-order valence-corrected chi connectivity index (χ3v) is 3.56. The lowest BCUT2D eigenvalue weighted by Crippen LogP contribution is -2.16. The monoisotopic (exact) mass is 246 g/mol. The Labute approximate surface area is 109 Å². The zero-order valence-electron chi connectivity index (χ0n) is 11.3. The fourth-order valence-electron chi connectivity index (χ4n) is 2.21. The van der Waals surface area contributed by atoms with Crippen LogP contribution < -0.4 is 10.6 Å². The van der Waals surface area contributed by atoms with Gasteiger partial charge in [0.05, 0.1) is 0 Å². The lowest BCUT2D eigenvalue weighted by atomic mass is 10.0. The Morgan fingerprint density at radius 3 is 3.11 bits per heavy atom. The van der Waals surface area contributed by atoms with Crippen molar-refractivity contribution in [2.45, 2.75) is 39.5 Å². The van der Waals surface area contributed by atoms with Gasteiger partial charge in [-0.25, -0.2) is 0 Å². The second-order valence-corrected chi connectivity index (χ2v) is 5.17. The number of hydrogen-bond donors (Lipinski definition) is 2. The van der Waals surface area contributed by atoms with Crippen molar-refractivity contribution in [1.82, 2.24) is 0 Å². The Kier molecular flexibility index (Phi) is 4.24. The number of hydrogen-bond acceptors (Lipinski definition) is 2. The molecule has 0 aromatic heterocycles. The van der Waals surface area contributed by atoms with Gasteiger partial charge >= 0.3 is 0 Å². The Morgan fingerprint density at radius 1 is 1.50 bits per heavy atom. The molecular weight excluding hydrogens is 224 g/mol. The first-order chi connectivity index (χ1) is 8.69. The van der Waals surface area contributed by atoms with E-state index in [1.165, 1.54) is 17.7 Å². The Bertz CT molecular complexity index is 429. The molecule has 0 radical (unpaired) electrons. The standard InChI is InChI=1S/C15H22N2O/c1-3-11(2)9-15(18)17-13-7-6-12-5-4-8-16-14(12)10-13/h6-7,10-11,16H,3-5,8-9H2,1-2H3,(H,17,18). The van der Waals surface area contributed by atoms with Crippen LogP contribution in [0.5, 0.6) is 0 Å². The number of nitrogens with one attached hydrogen (secondary N) is 2. The number of anilines is 2. The fourth-order valence-corrected chi connectivity index (χ4v) is 2.21. The van der Waals surface area contributed by atoms with Gasteiger partial charge in [0.1, 0.15) is 0 Å². The van der Waals surface area contributed by atoms with Crippen LogP contribution in [0.4, 0.5) is 11.4 Å². The molecule has 0 spiro atoms. The minimum atomic E-state index is 0.111. The van der Waals surface area contributed by atoms with Gasteiger partial charge in [0.25, 0.3) is 0 Å². The number of carbonyl (C=O) groups is 1. The van der Waals surface area contributed by atoms with Crippen LogP contribution in [0.15, 0.2) is 18.2 Å². The molecule has 3 nitrogen and oxygen atoms in total. The molecule has 0 saturated heterocycles. The van der Waals surface area contributed by atoms with Crippen LogP contribution in [0, 0.1) is 5.92 Å². The summed E-state index contributed by atoms with van der Waals surface area (Å²) < 4.78 is 0. The summed E-state index contributed by atoms with van der Waals surface area (Å²) in [4.78, 5) is 11.8. The summed E-state index contributed by atoms with van der Waals surface area (Å²) in [5.74, 6) is 0.556. The zero-order valence-corrected chi connectivity index (χ0v) is 11.3. The predicted molar refractivity (Wildman–Crippen MR) is 76.0 cm³/mol. The van der Waals surface area contributed by atoms with Gasteiger partial charge in [-0.15, -0.1) is 0 Å². The number of amides is 1.